The van der Waals surface area contributed by atoms with Crippen LogP contribution in [-0.2, 0) is 0 Å². The highest BCUT2D eigenvalue weighted by molar-refractivity contribution is 9.10. The fourth-order valence-corrected chi connectivity index (χ4v) is 4.95. The lowest BCUT2D eigenvalue weighted by Gasteiger charge is -2.38. The molecule has 0 saturated carbocycles. The highest BCUT2D eigenvalue weighted by atomic mass is 79.9. The zero-order valence-corrected chi connectivity index (χ0v) is 17.4. The molecule has 2 aliphatic rings. The van der Waals surface area contributed by atoms with Crippen LogP contribution in [0.3, 0.4) is 0 Å². The summed E-state index contributed by atoms with van der Waals surface area (Å²) in [6.45, 7) is 2.82. The third-order valence-corrected chi connectivity index (χ3v) is 6.62. The van der Waals surface area contributed by atoms with Gasteiger partial charge in [0.25, 0.3) is 5.91 Å². The lowest BCUT2D eigenvalue weighted by molar-refractivity contribution is 0.0598. The fraction of sp³-hybridized carbons (Fsp3) is 0.208. The number of amides is 1. The van der Waals surface area contributed by atoms with Crippen LogP contribution < -0.4 is 0 Å². The number of carbonyl (C=O) groups is 1. The molecule has 0 N–H and O–H groups in total. The summed E-state index contributed by atoms with van der Waals surface area (Å²) in [6.07, 6.45) is 0. The highest BCUT2D eigenvalue weighted by Crippen LogP contribution is 2.46. The van der Waals surface area contributed by atoms with Gasteiger partial charge in [-0.25, -0.2) is 4.39 Å². The van der Waals surface area contributed by atoms with Crippen molar-refractivity contribution in [3.63, 3.8) is 0 Å². The Kier molecular flexibility index (Phi) is 4.72. The number of nitrogens with zero attached hydrogens (tertiary/aromatic N) is 2. The van der Waals surface area contributed by atoms with Gasteiger partial charge in [0.05, 0.1) is 11.6 Å². The Morgan fingerprint density at radius 2 is 1.45 bits per heavy atom. The maximum Gasteiger partial charge on any atom is 0.255 e. The van der Waals surface area contributed by atoms with E-state index in [-0.39, 0.29) is 11.9 Å². The van der Waals surface area contributed by atoms with Crippen molar-refractivity contribution in [2.75, 3.05) is 26.2 Å². The Labute approximate surface area is 177 Å². The van der Waals surface area contributed by atoms with Crippen molar-refractivity contribution in [3.8, 4) is 11.1 Å². The first kappa shape index (κ1) is 18.5. The molecule has 0 atom stereocenters. The Morgan fingerprint density at radius 3 is 2.07 bits per heavy atom. The minimum absolute atomic E-state index is 0.122. The maximum absolute atomic E-state index is 13.6. The fourth-order valence-electron chi connectivity index (χ4n) is 4.54. The Morgan fingerprint density at radius 1 is 0.862 bits per heavy atom. The van der Waals surface area contributed by atoms with Crippen LogP contribution in [0.2, 0.25) is 0 Å². The number of fused-ring (bicyclic) bond motifs is 3. The molecule has 3 aromatic carbocycles. The summed E-state index contributed by atoms with van der Waals surface area (Å²) in [5.41, 5.74) is 5.66. The van der Waals surface area contributed by atoms with Crippen LogP contribution in [0, 0.1) is 5.82 Å². The molecule has 1 heterocycles. The minimum Gasteiger partial charge on any atom is -0.336 e. The molecule has 0 spiro atoms. The molecule has 146 valence electrons. The topological polar surface area (TPSA) is 23.6 Å². The van der Waals surface area contributed by atoms with Gasteiger partial charge in [-0.05, 0) is 56.4 Å². The van der Waals surface area contributed by atoms with Crippen molar-refractivity contribution >= 4 is 21.8 Å². The van der Waals surface area contributed by atoms with Gasteiger partial charge in [-0.3, -0.25) is 9.69 Å². The van der Waals surface area contributed by atoms with E-state index in [1.165, 1.54) is 34.4 Å². The van der Waals surface area contributed by atoms with Gasteiger partial charge in [0.2, 0.25) is 0 Å². The SMILES string of the molecule is O=C(c1cc(F)ccc1Br)N1CCN(C2c3ccccc3-c3ccccc32)CC1. The quantitative estimate of drug-likeness (QED) is 0.541. The van der Waals surface area contributed by atoms with E-state index >= 15 is 0 Å². The number of piperazine rings is 1. The van der Waals surface area contributed by atoms with Crippen LogP contribution in [0.25, 0.3) is 11.1 Å². The summed E-state index contributed by atoms with van der Waals surface area (Å²) in [5, 5.41) is 0. The first-order valence-corrected chi connectivity index (χ1v) is 10.6. The van der Waals surface area contributed by atoms with Crippen LogP contribution in [0.15, 0.2) is 71.2 Å². The molecule has 29 heavy (non-hydrogen) atoms. The predicted octanol–water partition coefficient (Wildman–Crippen LogP) is 5.12. The van der Waals surface area contributed by atoms with Gasteiger partial charge in [-0.15, -0.1) is 0 Å². The number of benzene rings is 3. The lowest BCUT2D eigenvalue weighted by Crippen LogP contribution is -2.49. The summed E-state index contributed by atoms with van der Waals surface area (Å²) in [5.74, 6) is -0.516. The smallest absolute Gasteiger partial charge is 0.255 e. The van der Waals surface area contributed by atoms with E-state index in [0.29, 0.717) is 23.1 Å². The highest BCUT2D eigenvalue weighted by Gasteiger charge is 2.35. The van der Waals surface area contributed by atoms with Crippen LogP contribution in [-0.4, -0.2) is 41.9 Å². The number of carbonyl (C=O) groups excluding carboxylic acids is 1. The molecule has 1 fully saturated rings. The van der Waals surface area contributed by atoms with Crippen molar-refractivity contribution in [1.82, 2.24) is 9.80 Å². The Balaban J connectivity index is 1.37. The van der Waals surface area contributed by atoms with Crippen LogP contribution in [0.1, 0.15) is 27.5 Å². The third kappa shape index (κ3) is 3.18. The monoisotopic (exact) mass is 450 g/mol. The van der Waals surface area contributed by atoms with Gasteiger partial charge in [0, 0.05) is 30.7 Å². The average Bonchev–Trinajstić information content (AvgIpc) is 3.10. The van der Waals surface area contributed by atoms with Crippen molar-refractivity contribution in [2.45, 2.75) is 6.04 Å². The molecule has 0 bridgehead atoms. The van der Waals surface area contributed by atoms with E-state index in [1.54, 1.807) is 6.07 Å². The normalized spacial score (nSPS) is 16.6. The third-order valence-electron chi connectivity index (χ3n) is 5.93. The second-order valence-electron chi connectivity index (χ2n) is 7.53. The van der Waals surface area contributed by atoms with E-state index in [9.17, 15) is 9.18 Å². The van der Waals surface area contributed by atoms with Crippen LogP contribution >= 0.6 is 15.9 Å². The van der Waals surface area contributed by atoms with Crippen molar-refractivity contribution < 1.29 is 9.18 Å². The van der Waals surface area contributed by atoms with Gasteiger partial charge >= 0.3 is 0 Å². The molecule has 1 aliphatic carbocycles. The molecular weight excluding hydrogens is 431 g/mol. The van der Waals surface area contributed by atoms with E-state index in [0.717, 1.165) is 13.1 Å². The Bertz CT molecular complexity index is 1050. The lowest BCUT2D eigenvalue weighted by atomic mass is 10.0. The van der Waals surface area contributed by atoms with E-state index < -0.39 is 5.82 Å². The molecule has 3 nitrogen and oxygen atoms in total. The molecular formula is C24H20BrFN2O. The number of hydrogen-bond acceptors (Lipinski definition) is 2. The van der Waals surface area contributed by atoms with E-state index in [4.69, 9.17) is 0 Å². The zero-order chi connectivity index (χ0) is 20.0. The second kappa shape index (κ2) is 7.39. The molecule has 5 rings (SSSR count). The van der Waals surface area contributed by atoms with Crippen molar-refractivity contribution in [2.24, 2.45) is 0 Å². The standard InChI is InChI=1S/C24H20BrFN2O/c25-22-10-9-16(26)15-21(22)24(29)28-13-11-27(12-14-28)23-19-7-3-1-5-17(19)18-6-2-4-8-20(18)23/h1-10,15,23H,11-14H2. The molecule has 0 aromatic heterocycles. The first-order chi connectivity index (χ1) is 14.1. The number of hydrogen-bond donors (Lipinski definition) is 0. The van der Waals surface area contributed by atoms with E-state index in [2.05, 4.69) is 69.4 Å². The summed E-state index contributed by atoms with van der Waals surface area (Å²) >= 11 is 3.37. The molecule has 1 amide bonds. The van der Waals surface area contributed by atoms with Crippen molar-refractivity contribution in [3.05, 3.63) is 93.7 Å². The van der Waals surface area contributed by atoms with Gasteiger partial charge in [-0.1, -0.05) is 48.5 Å². The molecule has 1 aliphatic heterocycles. The summed E-state index contributed by atoms with van der Waals surface area (Å²) in [7, 11) is 0. The molecule has 0 unspecified atom stereocenters. The summed E-state index contributed by atoms with van der Waals surface area (Å²) < 4.78 is 14.3. The number of rotatable bonds is 2. The molecule has 5 heteroatoms. The van der Waals surface area contributed by atoms with Gasteiger partial charge in [0.1, 0.15) is 5.82 Å². The Hall–Kier alpha value is -2.50. The zero-order valence-electron chi connectivity index (χ0n) is 15.8. The van der Waals surface area contributed by atoms with Crippen LogP contribution in [0.4, 0.5) is 4.39 Å². The second-order valence-corrected chi connectivity index (χ2v) is 8.38. The van der Waals surface area contributed by atoms with Gasteiger partial charge in [0.15, 0.2) is 0 Å². The largest absolute Gasteiger partial charge is 0.336 e. The first-order valence-electron chi connectivity index (χ1n) is 9.80. The maximum atomic E-state index is 13.6. The molecule has 1 saturated heterocycles. The summed E-state index contributed by atoms with van der Waals surface area (Å²) in [6, 6.07) is 21.6. The predicted molar refractivity (Wildman–Crippen MR) is 115 cm³/mol. The average molecular weight is 451 g/mol. The molecule has 3 aromatic rings. The molecule has 0 radical (unpaired) electrons. The number of halogens is 2. The van der Waals surface area contributed by atoms with Crippen molar-refractivity contribution in [1.29, 1.82) is 0 Å². The van der Waals surface area contributed by atoms with E-state index in [1.807, 2.05) is 4.90 Å². The van der Waals surface area contributed by atoms with Gasteiger partial charge < -0.3 is 4.90 Å². The minimum atomic E-state index is -0.394. The van der Waals surface area contributed by atoms with Gasteiger partial charge in [-0.2, -0.15) is 0 Å². The summed E-state index contributed by atoms with van der Waals surface area (Å²) in [4.78, 5) is 17.2. The van der Waals surface area contributed by atoms with Crippen LogP contribution in [0.5, 0.6) is 0 Å².